The Labute approximate surface area is 153 Å². The fourth-order valence-electron chi connectivity index (χ4n) is 3.26. The zero-order valence-electron chi connectivity index (χ0n) is 14.1. The molecular weight excluding hydrogens is 354 g/mol. The summed E-state index contributed by atoms with van der Waals surface area (Å²) in [6.45, 7) is 2.06. The van der Waals surface area contributed by atoms with Crippen LogP contribution in [0.2, 0.25) is 0 Å². The van der Waals surface area contributed by atoms with Gasteiger partial charge in [-0.2, -0.15) is 0 Å². The monoisotopic (exact) mass is 370 g/mol. The van der Waals surface area contributed by atoms with Crippen LogP contribution in [-0.2, 0) is 12.8 Å². The van der Waals surface area contributed by atoms with Crippen LogP contribution in [0.25, 0.3) is 10.4 Å². The van der Waals surface area contributed by atoms with Crippen LogP contribution >= 0.6 is 11.3 Å². The van der Waals surface area contributed by atoms with Gasteiger partial charge in [-0.15, -0.1) is 0 Å². The lowest BCUT2D eigenvalue weighted by Crippen LogP contribution is -2.15. The normalized spacial score (nSPS) is 12.9. The van der Waals surface area contributed by atoms with Crippen LogP contribution in [0.5, 0.6) is 0 Å². The van der Waals surface area contributed by atoms with E-state index in [1.54, 1.807) is 0 Å². The number of benzene rings is 2. The average molecular weight is 370 g/mol. The van der Waals surface area contributed by atoms with Crippen molar-refractivity contribution in [3.63, 3.8) is 0 Å². The molecule has 26 heavy (non-hydrogen) atoms. The second-order valence-electron chi connectivity index (χ2n) is 6.36. The second kappa shape index (κ2) is 6.61. The minimum absolute atomic E-state index is 0.357. The number of amides is 1. The van der Waals surface area contributed by atoms with Crippen molar-refractivity contribution in [2.75, 3.05) is 5.32 Å². The van der Waals surface area contributed by atoms with Crippen LogP contribution < -0.4 is 5.32 Å². The lowest BCUT2D eigenvalue weighted by molar-refractivity contribution is 0.101. The number of rotatable bonds is 2. The molecule has 0 unspecified atom stereocenters. The molecule has 1 aromatic heterocycles. The SMILES string of the molecule is Cc1ccc2c(c1)CCCc1nc(NC(=O)c3c(F)cccc3F)sc1-2. The van der Waals surface area contributed by atoms with Gasteiger partial charge in [0.1, 0.15) is 17.2 Å². The van der Waals surface area contributed by atoms with Crippen LogP contribution in [0.3, 0.4) is 0 Å². The van der Waals surface area contributed by atoms with E-state index in [0.717, 1.165) is 47.5 Å². The number of halogens is 2. The van der Waals surface area contributed by atoms with Gasteiger partial charge in [-0.05, 0) is 49.4 Å². The summed E-state index contributed by atoms with van der Waals surface area (Å²) in [4.78, 5) is 17.8. The Morgan fingerprint density at radius 3 is 2.69 bits per heavy atom. The molecule has 1 aliphatic rings. The number of nitrogens with one attached hydrogen (secondary N) is 1. The number of fused-ring (bicyclic) bond motifs is 3. The van der Waals surface area contributed by atoms with Crippen LogP contribution in [0.15, 0.2) is 36.4 Å². The number of carbonyl (C=O) groups excluding carboxylic acids is 1. The molecule has 1 N–H and O–H groups in total. The summed E-state index contributed by atoms with van der Waals surface area (Å²) < 4.78 is 27.6. The summed E-state index contributed by atoms with van der Waals surface area (Å²) in [7, 11) is 0. The number of anilines is 1. The molecule has 0 bridgehead atoms. The van der Waals surface area contributed by atoms with Gasteiger partial charge in [-0.25, -0.2) is 13.8 Å². The number of hydrogen-bond acceptors (Lipinski definition) is 3. The number of aryl methyl sites for hydroxylation is 3. The Kier molecular flexibility index (Phi) is 4.28. The first kappa shape index (κ1) is 16.8. The first-order valence-electron chi connectivity index (χ1n) is 8.38. The molecule has 6 heteroatoms. The molecule has 2 aromatic carbocycles. The summed E-state index contributed by atoms with van der Waals surface area (Å²) in [5.41, 5.74) is 3.93. The maximum atomic E-state index is 13.8. The van der Waals surface area contributed by atoms with Crippen LogP contribution in [-0.4, -0.2) is 10.9 Å². The molecule has 0 saturated carbocycles. The third-order valence-corrected chi connectivity index (χ3v) is 5.52. The third kappa shape index (κ3) is 3.01. The van der Waals surface area contributed by atoms with Crippen molar-refractivity contribution < 1.29 is 13.6 Å². The standard InChI is InChI=1S/C20H16F2N2OS/c1-11-8-9-13-12(10-11)4-2-7-16-18(13)26-20(23-16)24-19(25)17-14(21)5-3-6-15(17)22/h3,5-6,8-10H,2,4,7H2,1H3,(H,23,24,25). The van der Waals surface area contributed by atoms with Gasteiger partial charge in [0.05, 0.1) is 10.6 Å². The second-order valence-corrected chi connectivity index (χ2v) is 7.36. The van der Waals surface area contributed by atoms with Crippen molar-refractivity contribution in [1.29, 1.82) is 0 Å². The lowest BCUT2D eigenvalue weighted by Gasteiger charge is -2.06. The van der Waals surface area contributed by atoms with Crippen molar-refractivity contribution in [2.45, 2.75) is 26.2 Å². The minimum atomic E-state index is -0.888. The highest BCUT2D eigenvalue weighted by Crippen LogP contribution is 2.39. The minimum Gasteiger partial charge on any atom is -0.298 e. The highest BCUT2D eigenvalue weighted by Gasteiger charge is 2.22. The number of hydrogen-bond donors (Lipinski definition) is 1. The van der Waals surface area contributed by atoms with Crippen molar-refractivity contribution in [3.05, 3.63) is 70.4 Å². The first-order valence-corrected chi connectivity index (χ1v) is 9.19. The lowest BCUT2D eigenvalue weighted by atomic mass is 10.0. The fourth-order valence-corrected chi connectivity index (χ4v) is 4.32. The van der Waals surface area contributed by atoms with E-state index in [4.69, 9.17) is 0 Å². The Balaban J connectivity index is 1.68. The van der Waals surface area contributed by atoms with Gasteiger partial charge in [0, 0.05) is 0 Å². The van der Waals surface area contributed by atoms with Crippen LogP contribution in [0, 0.1) is 18.6 Å². The topological polar surface area (TPSA) is 42.0 Å². The molecule has 0 atom stereocenters. The maximum absolute atomic E-state index is 13.8. The Hall–Kier alpha value is -2.60. The van der Waals surface area contributed by atoms with Crippen molar-refractivity contribution >= 4 is 22.4 Å². The summed E-state index contributed by atoms with van der Waals surface area (Å²) >= 11 is 1.34. The molecule has 0 fully saturated rings. The van der Waals surface area contributed by atoms with Gasteiger partial charge in [-0.1, -0.05) is 41.2 Å². The molecule has 0 spiro atoms. The molecule has 132 valence electrons. The Bertz CT molecular complexity index is 993. The number of thiazole rings is 1. The first-order chi connectivity index (χ1) is 12.5. The van der Waals surface area contributed by atoms with Gasteiger partial charge in [0.25, 0.3) is 5.91 Å². The molecule has 1 amide bonds. The van der Waals surface area contributed by atoms with Crippen molar-refractivity contribution in [1.82, 2.24) is 4.98 Å². The van der Waals surface area contributed by atoms with E-state index in [2.05, 4.69) is 35.4 Å². The molecule has 0 saturated heterocycles. The molecule has 3 aromatic rings. The molecule has 3 nitrogen and oxygen atoms in total. The van der Waals surface area contributed by atoms with Crippen molar-refractivity contribution in [2.24, 2.45) is 0 Å². The summed E-state index contributed by atoms with van der Waals surface area (Å²) in [5.74, 6) is -2.60. The van der Waals surface area contributed by atoms with E-state index in [1.807, 2.05) is 0 Å². The predicted octanol–water partition coefficient (Wildman–Crippen LogP) is 5.14. The zero-order valence-corrected chi connectivity index (χ0v) is 14.9. The molecular formula is C20H16F2N2OS. The van der Waals surface area contributed by atoms with Crippen molar-refractivity contribution in [3.8, 4) is 10.4 Å². The molecule has 0 radical (unpaired) electrons. The van der Waals surface area contributed by atoms with Gasteiger partial charge in [0.2, 0.25) is 0 Å². The zero-order chi connectivity index (χ0) is 18.3. The highest BCUT2D eigenvalue weighted by molar-refractivity contribution is 7.19. The number of carbonyl (C=O) groups is 1. The van der Waals surface area contributed by atoms with E-state index in [1.165, 1.54) is 28.5 Å². The molecule has 0 aliphatic heterocycles. The predicted molar refractivity (Wildman–Crippen MR) is 98.6 cm³/mol. The Morgan fingerprint density at radius 2 is 1.92 bits per heavy atom. The van der Waals surface area contributed by atoms with Gasteiger partial charge in [-0.3, -0.25) is 10.1 Å². The summed E-state index contributed by atoms with van der Waals surface area (Å²) in [6, 6.07) is 9.67. The highest BCUT2D eigenvalue weighted by atomic mass is 32.1. The third-order valence-electron chi connectivity index (χ3n) is 4.47. The van der Waals surface area contributed by atoms with E-state index < -0.39 is 23.1 Å². The van der Waals surface area contributed by atoms with E-state index in [-0.39, 0.29) is 0 Å². The summed E-state index contributed by atoms with van der Waals surface area (Å²) in [6.07, 6.45) is 2.77. The largest absolute Gasteiger partial charge is 0.298 e. The molecule has 1 aliphatic carbocycles. The van der Waals surface area contributed by atoms with Gasteiger partial charge in [0.15, 0.2) is 5.13 Å². The smallest absolute Gasteiger partial charge is 0.263 e. The Morgan fingerprint density at radius 1 is 1.15 bits per heavy atom. The van der Waals surface area contributed by atoms with E-state index in [9.17, 15) is 13.6 Å². The van der Waals surface area contributed by atoms with Crippen LogP contribution in [0.1, 0.15) is 33.6 Å². The molecule has 4 rings (SSSR count). The van der Waals surface area contributed by atoms with E-state index in [0.29, 0.717) is 5.13 Å². The molecule has 1 heterocycles. The number of aromatic nitrogens is 1. The van der Waals surface area contributed by atoms with Gasteiger partial charge >= 0.3 is 0 Å². The van der Waals surface area contributed by atoms with Gasteiger partial charge < -0.3 is 0 Å². The fraction of sp³-hybridized carbons (Fsp3) is 0.200. The number of nitrogens with zero attached hydrogens (tertiary/aromatic N) is 1. The maximum Gasteiger partial charge on any atom is 0.263 e. The quantitative estimate of drug-likeness (QED) is 0.679. The average Bonchev–Trinajstić information content (AvgIpc) is 2.89. The summed E-state index contributed by atoms with van der Waals surface area (Å²) in [5, 5.41) is 2.91. The van der Waals surface area contributed by atoms with E-state index >= 15 is 0 Å². The van der Waals surface area contributed by atoms with Crippen LogP contribution in [0.4, 0.5) is 13.9 Å².